The fourth-order valence-corrected chi connectivity index (χ4v) is 3.62. The highest BCUT2D eigenvalue weighted by atomic mass is 16.2. The first-order valence-electron chi connectivity index (χ1n) is 10.8. The maximum atomic E-state index is 12.6. The summed E-state index contributed by atoms with van der Waals surface area (Å²) in [5.41, 5.74) is 2.13. The number of amides is 2. The van der Waals surface area contributed by atoms with Gasteiger partial charge in [0.25, 0.3) is 11.8 Å². The first-order valence-corrected chi connectivity index (χ1v) is 10.8. The molecular formula is C22H38N4O2+2. The van der Waals surface area contributed by atoms with Crippen LogP contribution in [0.3, 0.4) is 0 Å². The van der Waals surface area contributed by atoms with E-state index in [-0.39, 0.29) is 17.9 Å². The van der Waals surface area contributed by atoms with Gasteiger partial charge in [-0.1, -0.05) is 39.3 Å². The second-order valence-corrected chi connectivity index (χ2v) is 8.28. The average Bonchev–Trinajstić information content (AvgIpc) is 2.68. The van der Waals surface area contributed by atoms with Crippen molar-refractivity contribution in [2.45, 2.75) is 52.5 Å². The third-order valence-electron chi connectivity index (χ3n) is 5.71. The summed E-state index contributed by atoms with van der Waals surface area (Å²) in [6.07, 6.45) is 2.13. The Morgan fingerprint density at radius 1 is 1.04 bits per heavy atom. The number of quaternary nitrogens is 2. The second-order valence-electron chi connectivity index (χ2n) is 8.28. The molecule has 0 radical (unpaired) electrons. The first-order chi connectivity index (χ1) is 13.4. The van der Waals surface area contributed by atoms with Gasteiger partial charge in [-0.05, 0) is 37.0 Å². The topological polar surface area (TPSA) is 67.1 Å². The van der Waals surface area contributed by atoms with Crippen LogP contribution in [0.1, 0.15) is 52.0 Å². The summed E-state index contributed by atoms with van der Waals surface area (Å²) in [6, 6.07) is 8.02. The van der Waals surface area contributed by atoms with Crippen LogP contribution in [-0.2, 0) is 9.59 Å². The van der Waals surface area contributed by atoms with Crippen molar-refractivity contribution in [3.05, 3.63) is 29.8 Å². The smallest absolute Gasteiger partial charge is 0.282 e. The molecule has 4 N–H and O–H groups in total. The van der Waals surface area contributed by atoms with Crippen LogP contribution in [0.5, 0.6) is 0 Å². The summed E-state index contributed by atoms with van der Waals surface area (Å²) >= 11 is 0. The summed E-state index contributed by atoms with van der Waals surface area (Å²) in [4.78, 5) is 27.2. The van der Waals surface area contributed by atoms with Crippen molar-refractivity contribution >= 4 is 17.5 Å². The molecule has 1 aliphatic heterocycles. The number of piperazine rings is 1. The van der Waals surface area contributed by atoms with E-state index in [1.807, 2.05) is 19.1 Å². The number of anilines is 1. The van der Waals surface area contributed by atoms with E-state index in [2.05, 4.69) is 43.5 Å². The summed E-state index contributed by atoms with van der Waals surface area (Å²) in [5.74, 6) is 0.691. The van der Waals surface area contributed by atoms with Crippen LogP contribution in [0.15, 0.2) is 24.3 Å². The van der Waals surface area contributed by atoms with E-state index in [0.717, 1.165) is 51.3 Å². The van der Waals surface area contributed by atoms with E-state index in [1.165, 1.54) is 15.4 Å². The van der Waals surface area contributed by atoms with Crippen molar-refractivity contribution < 1.29 is 19.4 Å². The minimum atomic E-state index is -0.0929. The number of nitrogens with one attached hydrogen (secondary N) is 4. The zero-order valence-corrected chi connectivity index (χ0v) is 17.9. The molecule has 0 aromatic heterocycles. The Labute approximate surface area is 169 Å². The van der Waals surface area contributed by atoms with Gasteiger partial charge in [-0.3, -0.25) is 9.59 Å². The minimum absolute atomic E-state index is 0.0630. The molecule has 2 amide bonds. The zero-order valence-electron chi connectivity index (χ0n) is 17.9. The second kappa shape index (κ2) is 11.2. The van der Waals surface area contributed by atoms with Gasteiger partial charge in [-0.25, -0.2) is 0 Å². The monoisotopic (exact) mass is 390 g/mol. The standard InChI is InChI=1S/C22H36N4O2/c1-5-6-11-23-21(27)16-25-12-14-26(15-13-25)18(4)22(28)24-20-9-7-19(8-10-20)17(2)3/h7-10,17-18H,5-6,11-16H2,1-4H3,(H,23,27)(H,24,28)/p+2/t18-/m0/s1. The number of carbonyl (C=O) groups is 2. The molecule has 0 aliphatic carbocycles. The lowest BCUT2D eigenvalue weighted by Gasteiger charge is -2.32. The Balaban J connectivity index is 1.75. The predicted molar refractivity (Wildman–Crippen MR) is 113 cm³/mol. The van der Waals surface area contributed by atoms with E-state index < -0.39 is 0 Å². The Bertz CT molecular complexity index is 622. The van der Waals surface area contributed by atoms with E-state index in [1.54, 1.807) is 0 Å². The molecule has 0 spiro atoms. The van der Waals surface area contributed by atoms with Crippen LogP contribution >= 0.6 is 0 Å². The quantitative estimate of drug-likeness (QED) is 0.443. The molecule has 1 heterocycles. The number of carbonyl (C=O) groups excluding carboxylic acids is 2. The van der Waals surface area contributed by atoms with Crippen molar-refractivity contribution in [3.8, 4) is 0 Å². The molecule has 1 fully saturated rings. The van der Waals surface area contributed by atoms with Gasteiger partial charge in [-0.15, -0.1) is 0 Å². The maximum absolute atomic E-state index is 12.6. The van der Waals surface area contributed by atoms with Crippen molar-refractivity contribution in [3.63, 3.8) is 0 Å². The van der Waals surface area contributed by atoms with Crippen LogP contribution in [-0.4, -0.2) is 57.1 Å². The lowest BCUT2D eigenvalue weighted by Crippen LogP contribution is -3.30. The Kier molecular flexibility index (Phi) is 8.93. The lowest BCUT2D eigenvalue weighted by molar-refractivity contribution is -1.01. The van der Waals surface area contributed by atoms with Crippen LogP contribution in [0, 0.1) is 0 Å². The highest BCUT2D eigenvalue weighted by Crippen LogP contribution is 2.17. The minimum Gasteiger partial charge on any atom is -0.351 e. The van der Waals surface area contributed by atoms with E-state index in [9.17, 15) is 9.59 Å². The van der Waals surface area contributed by atoms with Crippen LogP contribution in [0.2, 0.25) is 0 Å². The summed E-state index contributed by atoms with van der Waals surface area (Å²) in [5, 5.41) is 6.04. The molecular weight excluding hydrogens is 352 g/mol. The molecule has 0 saturated carbocycles. The number of unbranched alkanes of at least 4 members (excludes halogenated alkanes) is 1. The van der Waals surface area contributed by atoms with Crippen molar-refractivity contribution in [1.82, 2.24) is 5.32 Å². The van der Waals surface area contributed by atoms with Crippen LogP contribution < -0.4 is 20.4 Å². The number of benzene rings is 1. The number of hydrogen-bond acceptors (Lipinski definition) is 2. The molecule has 6 nitrogen and oxygen atoms in total. The summed E-state index contributed by atoms with van der Waals surface area (Å²) < 4.78 is 0. The highest BCUT2D eigenvalue weighted by molar-refractivity contribution is 5.93. The predicted octanol–water partition coefficient (Wildman–Crippen LogP) is -0.163. The molecule has 156 valence electrons. The lowest BCUT2D eigenvalue weighted by atomic mass is 10.0. The third kappa shape index (κ3) is 6.91. The molecule has 0 bridgehead atoms. The Morgan fingerprint density at radius 3 is 2.25 bits per heavy atom. The summed E-state index contributed by atoms with van der Waals surface area (Å²) in [6.45, 7) is 13.4. The fraction of sp³-hybridized carbons (Fsp3) is 0.636. The van der Waals surface area contributed by atoms with Gasteiger partial charge >= 0.3 is 0 Å². The number of hydrogen-bond donors (Lipinski definition) is 4. The SMILES string of the molecule is CCCCNC(=O)C[NH+]1CC[NH+]([C@@H](C)C(=O)Nc2ccc(C(C)C)cc2)CC1. The highest BCUT2D eigenvalue weighted by Gasteiger charge is 2.31. The van der Waals surface area contributed by atoms with E-state index in [4.69, 9.17) is 0 Å². The molecule has 2 rings (SSSR count). The van der Waals surface area contributed by atoms with Gasteiger partial charge in [0, 0.05) is 12.2 Å². The van der Waals surface area contributed by atoms with Gasteiger partial charge in [-0.2, -0.15) is 0 Å². The molecule has 1 aromatic carbocycles. The number of rotatable bonds is 9. The largest absolute Gasteiger partial charge is 0.351 e. The van der Waals surface area contributed by atoms with Gasteiger partial charge in [0.05, 0.1) is 0 Å². The molecule has 28 heavy (non-hydrogen) atoms. The Hall–Kier alpha value is -1.92. The first kappa shape index (κ1) is 22.4. The zero-order chi connectivity index (χ0) is 20.5. The van der Waals surface area contributed by atoms with Gasteiger partial charge < -0.3 is 20.4 Å². The summed E-state index contributed by atoms with van der Waals surface area (Å²) in [7, 11) is 0. The molecule has 6 heteroatoms. The molecule has 1 aromatic rings. The van der Waals surface area contributed by atoms with E-state index in [0.29, 0.717) is 12.5 Å². The molecule has 0 unspecified atom stereocenters. The van der Waals surface area contributed by atoms with Crippen molar-refractivity contribution in [1.29, 1.82) is 0 Å². The van der Waals surface area contributed by atoms with Crippen molar-refractivity contribution in [2.24, 2.45) is 0 Å². The average molecular weight is 391 g/mol. The van der Waals surface area contributed by atoms with Gasteiger partial charge in [0.1, 0.15) is 26.2 Å². The van der Waals surface area contributed by atoms with Gasteiger partial charge in [0.2, 0.25) is 0 Å². The molecule has 1 saturated heterocycles. The normalized spacial score (nSPS) is 20.6. The molecule has 1 atom stereocenters. The fourth-order valence-electron chi connectivity index (χ4n) is 3.62. The third-order valence-corrected chi connectivity index (χ3v) is 5.71. The van der Waals surface area contributed by atoms with Gasteiger partial charge in [0.15, 0.2) is 12.6 Å². The van der Waals surface area contributed by atoms with Crippen LogP contribution in [0.25, 0.3) is 0 Å². The van der Waals surface area contributed by atoms with E-state index >= 15 is 0 Å². The van der Waals surface area contributed by atoms with Crippen molar-refractivity contribution in [2.75, 3.05) is 44.6 Å². The Morgan fingerprint density at radius 2 is 1.68 bits per heavy atom. The maximum Gasteiger partial charge on any atom is 0.282 e. The molecule has 1 aliphatic rings. The van der Waals surface area contributed by atoms with Crippen LogP contribution in [0.4, 0.5) is 5.69 Å².